The minimum Gasteiger partial charge on any atom is -0.475 e. The maximum Gasteiger partial charge on any atom is 0.490 e. The molecule has 30 heavy (non-hydrogen) atoms. The predicted octanol–water partition coefficient (Wildman–Crippen LogP) is 3.60. The van der Waals surface area contributed by atoms with Gasteiger partial charge < -0.3 is 15.0 Å². The molecular weight excluding hydrogens is 406 g/mol. The average molecular weight is 421 g/mol. The lowest BCUT2D eigenvalue weighted by atomic mass is 10.1. The molecule has 0 unspecified atom stereocenters. The van der Waals surface area contributed by atoms with E-state index in [1.54, 1.807) is 24.4 Å². The van der Waals surface area contributed by atoms with Gasteiger partial charge in [-0.25, -0.2) is 9.18 Å². The molecule has 3 aromatic rings. The first kappa shape index (κ1) is 21.0. The molecule has 1 aliphatic heterocycles. The van der Waals surface area contributed by atoms with E-state index in [2.05, 4.69) is 10.3 Å². The van der Waals surface area contributed by atoms with E-state index in [-0.39, 0.29) is 11.7 Å². The Kier molecular flexibility index (Phi) is 5.86. The summed E-state index contributed by atoms with van der Waals surface area (Å²) in [5, 5.41) is 9.96. The number of pyridine rings is 1. The number of carboxylic acid groups (broad SMARTS) is 1. The van der Waals surface area contributed by atoms with Crippen LogP contribution in [0.5, 0.6) is 0 Å². The van der Waals surface area contributed by atoms with Gasteiger partial charge in [0.05, 0.1) is 11.3 Å². The highest BCUT2D eigenvalue weighted by Gasteiger charge is 2.38. The number of aliphatic carboxylic acids is 1. The van der Waals surface area contributed by atoms with E-state index in [9.17, 15) is 22.4 Å². The van der Waals surface area contributed by atoms with Crippen molar-refractivity contribution >= 4 is 11.9 Å². The van der Waals surface area contributed by atoms with Crippen LogP contribution in [-0.4, -0.2) is 39.3 Å². The predicted molar refractivity (Wildman–Crippen MR) is 98.7 cm³/mol. The number of amides is 1. The number of carboxylic acids is 1. The Hall–Kier alpha value is -3.69. The van der Waals surface area contributed by atoms with Crippen LogP contribution in [0.2, 0.25) is 0 Å². The molecule has 0 aliphatic carbocycles. The largest absolute Gasteiger partial charge is 0.490 e. The Balaban J connectivity index is 0.000000318. The first-order valence-electron chi connectivity index (χ1n) is 8.67. The van der Waals surface area contributed by atoms with Gasteiger partial charge in [0.15, 0.2) is 0 Å². The SMILES string of the molecule is O=C(O)C(F)(F)F.O=C1NCCc2cn(-c3ccnc(-c4ccccc4F)c3)cc21. The maximum absolute atomic E-state index is 13.9. The fraction of sp³-hybridized carbons (Fsp3) is 0.150. The molecule has 0 radical (unpaired) electrons. The molecule has 0 saturated heterocycles. The number of nitrogens with zero attached hydrogens (tertiary/aromatic N) is 2. The number of hydrogen-bond donors (Lipinski definition) is 2. The lowest BCUT2D eigenvalue weighted by Gasteiger charge is -2.10. The third-order valence-electron chi connectivity index (χ3n) is 4.27. The van der Waals surface area contributed by atoms with Crippen molar-refractivity contribution < 1.29 is 32.3 Å². The number of carbonyl (C=O) groups is 2. The molecule has 2 aromatic heterocycles. The van der Waals surface area contributed by atoms with E-state index in [1.807, 2.05) is 29.1 Å². The van der Waals surface area contributed by atoms with E-state index >= 15 is 0 Å². The first-order valence-corrected chi connectivity index (χ1v) is 8.67. The van der Waals surface area contributed by atoms with Gasteiger partial charge in [0.2, 0.25) is 0 Å². The second-order valence-electron chi connectivity index (χ2n) is 6.29. The van der Waals surface area contributed by atoms with Crippen LogP contribution in [0.15, 0.2) is 55.0 Å². The molecule has 0 saturated carbocycles. The molecule has 10 heteroatoms. The summed E-state index contributed by atoms with van der Waals surface area (Å²) in [6.07, 6.45) is 1.15. The monoisotopic (exact) mass is 421 g/mol. The minimum absolute atomic E-state index is 0.0478. The summed E-state index contributed by atoms with van der Waals surface area (Å²) in [6.45, 7) is 0.659. The summed E-state index contributed by atoms with van der Waals surface area (Å²) in [5.74, 6) is -3.11. The van der Waals surface area contributed by atoms with Gasteiger partial charge >= 0.3 is 12.1 Å². The number of carbonyl (C=O) groups excluding carboxylic acids is 1. The number of halogens is 4. The van der Waals surface area contributed by atoms with Gasteiger partial charge in [0, 0.05) is 36.4 Å². The standard InChI is InChI=1S/C18H14FN3O.C2HF3O2/c19-16-4-2-1-3-14(16)17-9-13(6-8-20-17)22-10-12-5-7-21-18(23)15(12)11-22;3-2(4,5)1(6)7/h1-4,6,8-11H,5,7H2,(H,21,23);(H,6,7). The van der Waals surface area contributed by atoms with Crippen LogP contribution in [-0.2, 0) is 11.2 Å². The van der Waals surface area contributed by atoms with Crippen molar-refractivity contribution in [3.63, 3.8) is 0 Å². The topological polar surface area (TPSA) is 84.2 Å². The van der Waals surface area contributed by atoms with E-state index < -0.39 is 12.1 Å². The van der Waals surface area contributed by atoms with Gasteiger partial charge in [0.1, 0.15) is 5.82 Å². The summed E-state index contributed by atoms with van der Waals surface area (Å²) < 4.78 is 47.6. The van der Waals surface area contributed by atoms with E-state index in [0.717, 1.165) is 17.7 Å². The fourth-order valence-corrected chi connectivity index (χ4v) is 2.85. The Morgan fingerprint density at radius 1 is 1.13 bits per heavy atom. The summed E-state index contributed by atoms with van der Waals surface area (Å²) in [6, 6.07) is 10.2. The minimum atomic E-state index is -5.08. The first-order chi connectivity index (χ1) is 14.2. The second-order valence-corrected chi connectivity index (χ2v) is 6.29. The van der Waals surface area contributed by atoms with E-state index in [1.165, 1.54) is 6.07 Å². The zero-order valence-electron chi connectivity index (χ0n) is 15.3. The quantitative estimate of drug-likeness (QED) is 0.620. The highest BCUT2D eigenvalue weighted by molar-refractivity contribution is 5.96. The van der Waals surface area contributed by atoms with Crippen LogP contribution in [0.1, 0.15) is 15.9 Å². The Bertz CT molecular complexity index is 1090. The molecule has 2 N–H and O–H groups in total. The van der Waals surface area contributed by atoms with Crippen LogP contribution in [0.25, 0.3) is 16.9 Å². The van der Waals surface area contributed by atoms with Crippen LogP contribution >= 0.6 is 0 Å². The molecule has 4 rings (SSSR count). The maximum atomic E-state index is 13.9. The van der Waals surface area contributed by atoms with E-state index in [4.69, 9.17) is 9.90 Å². The molecule has 1 amide bonds. The van der Waals surface area contributed by atoms with Crippen molar-refractivity contribution in [2.75, 3.05) is 6.54 Å². The van der Waals surface area contributed by atoms with Crippen LogP contribution in [0.4, 0.5) is 17.6 Å². The van der Waals surface area contributed by atoms with Crippen molar-refractivity contribution in [1.82, 2.24) is 14.9 Å². The Morgan fingerprint density at radius 3 is 2.47 bits per heavy atom. The molecule has 156 valence electrons. The molecule has 1 aliphatic rings. The van der Waals surface area contributed by atoms with Crippen molar-refractivity contribution in [2.24, 2.45) is 0 Å². The van der Waals surface area contributed by atoms with Crippen LogP contribution in [0, 0.1) is 5.82 Å². The smallest absolute Gasteiger partial charge is 0.475 e. The number of alkyl halides is 3. The van der Waals surface area contributed by atoms with E-state index in [0.29, 0.717) is 23.4 Å². The lowest BCUT2D eigenvalue weighted by molar-refractivity contribution is -0.192. The van der Waals surface area contributed by atoms with Gasteiger partial charge in [-0.05, 0) is 36.2 Å². The third kappa shape index (κ3) is 4.65. The van der Waals surface area contributed by atoms with Crippen molar-refractivity contribution in [2.45, 2.75) is 12.6 Å². The second kappa shape index (κ2) is 8.36. The van der Waals surface area contributed by atoms with Crippen LogP contribution < -0.4 is 5.32 Å². The zero-order valence-corrected chi connectivity index (χ0v) is 15.3. The lowest BCUT2D eigenvalue weighted by Crippen LogP contribution is -2.30. The molecule has 6 nitrogen and oxygen atoms in total. The highest BCUT2D eigenvalue weighted by Crippen LogP contribution is 2.24. The molecule has 1 aromatic carbocycles. The number of aromatic nitrogens is 2. The normalized spacial score (nSPS) is 13.0. The van der Waals surface area contributed by atoms with Gasteiger partial charge in [-0.2, -0.15) is 13.2 Å². The molecule has 3 heterocycles. The fourth-order valence-electron chi connectivity index (χ4n) is 2.85. The van der Waals surface area contributed by atoms with Crippen molar-refractivity contribution in [3.05, 3.63) is 71.9 Å². The summed E-state index contributed by atoms with van der Waals surface area (Å²) in [4.78, 5) is 25.0. The molecule has 0 spiro atoms. The van der Waals surface area contributed by atoms with Gasteiger partial charge in [-0.1, -0.05) is 12.1 Å². The molecule has 0 fully saturated rings. The number of fused-ring (bicyclic) bond motifs is 1. The Labute approximate surface area is 167 Å². The molecule has 0 bridgehead atoms. The summed E-state index contributed by atoms with van der Waals surface area (Å²) in [7, 11) is 0. The highest BCUT2D eigenvalue weighted by atomic mass is 19.4. The van der Waals surface area contributed by atoms with Crippen molar-refractivity contribution in [1.29, 1.82) is 0 Å². The van der Waals surface area contributed by atoms with Crippen molar-refractivity contribution in [3.8, 4) is 16.9 Å². The van der Waals surface area contributed by atoms with Gasteiger partial charge in [-0.3, -0.25) is 9.78 Å². The molecule has 0 atom stereocenters. The molecular formula is C20H15F4N3O3. The Morgan fingerprint density at radius 2 is 1.83 bits per heavy atom. The number of rotatable bonds is 2. The number of hydrogen-bond acceptors (Lipinski definition) is 3. The number of nitrogens with one attached hydrogen (secondary N) is 1. The summed E-state index contributed by atoms with van der Waals surface area (Å²) >= 11 is 0. The zero-order chi connectivity index (χ0) is 21.9. The number of benzene rings is 1. The van der Waals surface area contributed by atoms with Crippen LogP contribution in [0.3, 0.4) is 0 Å². The average Bonchev–Trinajstić information content (AvgIpc) is 3.14. The van der Waals surface area contributed by atoms with Gasteiger partial charge in [-0.15, -0.1) is 0 Å². The summed E-state index contributed by atoms with van der Waals surface area (Å²) in [5.41, 5.74) is 3.60. The van der Waals surface area contributed by atoms with Gasteiger partial charge in [0.25, 0.3) is 5.91 Å². The third-order valence-corrected chi connectivity index (χ3v) is 4.27.